The van der Waals surface area contributed by atoms with Crippen molar-refractivity contribution in [3.05, 3.63) is 17.0 Å². The van der Waals surface area contributed by atoms with E-state index in [9.17, 15) is 5.11 Å². The first kappa shape index (κ1) is 16.5. The highest BCUT2D eigenvalue weighted by Crippen LogP contribution is 2.22. The summed E-state index contributed by atoms with van der Waals surface area (Å²) in [5.41, 5.74) is -0.943. The SMILES string of the molecule is CSCC(C)(O)CNc1cc(Cl)nc(C(C)(C)C)n1. The third-order valence-electron chi connectivity index (χ3n) is 2.47. The summed E-state index contributed by atoms with van der Waals surface area (Å²) < 4.78 is 0. The summed E-state index contributed by atoms with van der Waals surface area (Å²) in [6.45, 7) is 8.32. The molecule has 0 aliphatic heterocycles. The lowest BCUT2D eigenvalue weighted by molar-refractivity contribution is 0.0996. The van der Waals surface area contributed by atoms with Crippen LogP contribution in [-0.2, 0) is 5.41 Å². The Morgan fingerprint density at radius 2 is 1.95 bits per heavy atom. The van der Waals surface area contributed by atoms with E-state index in [1.807, 2.05) is 27.0 Å². The number of thioether (sulfide) groups is 1. The van der Waals surface area contributed by atoms with Gasteiger partial charge >= 0.3 is 0 Å². The lowest BCUT2D eigenvalue weighted by Crippen LogP contribution is -2.36. The summed E-state index contributed by atoms with van der Waals surface area (Å²) in [7, 11) is 0. The number of nitrogens with zero attached hydrogens (tertiary/aromatic N) is 2. The second-order valence-electron chi connectivity index (χ2n) is 5.93. The Hall–Kier alpha value is -0.520. The van der Waals surface area contributed by atoms with E-state index in [1.165, 1.54) is 0 Å². The smallest absolute Gasteiger partial charge is 0.137 e. The molecule has 19 heavy (non-hydrogen) atoms. The molecule has 0 aliphatic rings. The predicted octanol–water partition coefficient (Wildman–Crippen LogP) is 2.95. The lowest BCUT2D eigenvalue weighted by atomic mass is 9.96. The average molecular weight is 304 g/mol. The van der Waals surface area contributed by atoms with Crippen LogP contribution in [0.3, 0.4) is 0 Å². The zero-order valence-corrected chi connectivity index (χ0v) is 13.7. The normalized spacial score (nSPS) is 15.1. The summed E-state index contributed by atoms with van der Waals surface area (Å²) in [5.74, 6) is 1.99. The maximum absolute atomic E-state index is 10.1. The fraction of sp³-hybridized carbons (Fsp3) is 0.692. The number of hydrogen-bond donors (Lipinski definition) is 2. The first-order valence-electron chi connectivity index (χ1n) is 6.14. The largest absolute Gasteiger partial charge is 0.387 e. The highest BCUT2D eigenvalue weighted by atomic mass is 35.5. The van der Waals surface area contributed by atoms with Crippen LogP contribution in [-0.4, -0.2) is 39.2 Å². The molecule has 0 saturated heterocycles. The van der Waals surface area contributed by atoms with Crippen molar-refractivity contribution < 1.29 is 5.11 Å². The van der Waals surface area contributed by atoms with Crippen LogP contribution in [0.25, 0.3) is 0 Å². The van der Waals surface area contributed by atoms with Crippen LogP contribution in [0.15, 0.2) is 6.07 Å². The zero-order valence-electron chi connectivity index (χ0n) is 12.1. The van der Waals surface area contributed by atoms with E-state index < -0.39 is 5.60 Å². The van der Waals surface area contributed by atoms with E-state index in [1.54, 1.807) is 24.8 Å². The van der Waals surface area contributed by atoms with Crippen molar-refractivity contribution in [3.63, 3.8) is 0 Å². The summed E-state index contributed by atoms with van der Waals surface area (Å²) in [6.07, 6.45) is 1.97. The van der Waals surface area contributed by atoms with Gasteiger partial charge in [0.05, 0.1) is 5.60 Å². The Morgan fingerprint density at radius 1 is 1.32 bits per heavy atom. The molecule has 0 bridgehead atoms. The molecular formula is C13H22ClN3OS. The first-order valence-corrected chi connectivity index (χ1v) is 7.91. The van der Waals surface area contributed by atoms with E-state index in [0.717, 1.165) is 0 Å². The minimum atomic E-state index is -0.779. The summed E-state index contributed by atoms with van der Waals surface area (Å²) in [4.78, 5) is 8.68. The molecule has 108 valence electrons. The predicted molar refractivity (Wildman–Crippen MR) is 83.2 cm³/mol. The summed E-state index contributed by atoms with van der Waals surface area (Å²) in [6, 6.07) is 1.67. The summed E-state index contributed by atoms with van der Waals surface area (Å²) in [5, 5.41) is 13.6. The molecule has 0 fully saturated rings. The van der Waals surface area contributed by atoms with Crippen molar-refractivity contribution in [2.75, 3.05) is 23.9 Å². The maximum Gasteiger partial charge on any atom is 0.137 e. The van der Waals surface area contributed by atoms with Gasteiger partial charge in [0.25, 0.3) is 0 Å². The van der Waals surface area contributed by atoms with Gasteiger partial charge in [0.1, 0.15) is 16.8 Å². The fourth-order valence-corrected chi connectivity index (χ4v) is 2.39. The minimum Gasteiger partial charge on any atom is -0.387 e. The average Bonchev–Trinajstić information content (AvgIpc) is 2.24. The van der Waals surface area contributed by atoms with Gasteiger partial charge < -0.3 is 10.4 Å². The number of aromatic nitrogens is 2. The molecule has 0 aromatic carbocycles. The molecule has 0 radical (unpaired) electrons. The van der Waals surface area contributed by atoms with Crippen molar-refractivity contribution >= 4 is 29.2 Å². The number of halogens is 1. The van der Waals surface area contributed by atoms with Crippen LogP contribution < -0.4 is 5.32 Å². The molecule has 1 aromatic heterocycles. The van der Waals surface area contributed by atoms with Gasteiger partial charge in [-0.15, -0.1) is 0 Å². The molecule has 1 rings (SSSR count). The molecule has 0 amide bonds. The van der Waals surface area contributed by atoms with Gasteiger partial charge in [0, 0.05) is 23.8 Å². The highest BCUT2D eigenvalue weighted by Gasteiger charge is 2.21. The number of anilines is 1. The van der Waals surface area contributed by atoms with E-state index >= 15 is 0 Å². The minimum absolute atomic E-state index is 0.164. The summed E-state index contributed by atoms with van der Waals surface area (Å²) >= 11 is 7.61. The van der Waals surface area contributed by atoms with E-state index in [-0.39, 0.29) is 5.41 Å². The van der Waals surface area contributed by atoms with Crippen molar-refractivity contribution in [2.45, 2.75) is 38.7 Å². The monoisotopic (exact) mass is 303 g/mol. The van der Waals surface area contributed by atoms with Crippen molar-refractivity contribution in [3.8, 4) is 0 Å². The van der Waals surface area contributed by atoms with E-state index in [0.29, 0.717) is 29.1 Å². The molecule has 1 heterocycles. The van der Waals surface area contributed by atoms with Gasteiger partial charge in [-0.1, -0.05) is 32.4 Å². The highest BCUT2D eigenvalue weighted by molar-refractivity contribution is 7.98. The quantitative estimate of drug-likeness (QED) is 0.819. The van der Waals surface area contributed by atoms with Crippen LogP contribution in [0, 0.1) is 0 Å². The molecule has 4 nitrogen and oxygen atoms in total. The number of aliphatic hydroxyl groups is 1. The first-order chi connectivity index (χ1) is 8.64. The molecular weight excluding hydrogens is 282 g/mol. The molecule has 1 atom stereocenters. The Morgan fingerprint density at radius 3 is 2.47 bits per heavy atom. The topological polar surface area (TPSA) is 58.0 Å². The molecule has 6 heteroatoms. The molecule has 0 spiro atoms. The Bertz CT molecular complexity index is 432. The van der Waals surface area contributed by atoms with Crippen LogP contribution >= 0.6 is 23.4 Å². The van der Waals surface area contributed by atoms with E-state index in [2.05, 4.69) is 15.3 Å². The lowest BCUT2D eigenvalue weighted by Gasteiger charge is -2.23. The molecule has 0 aliphatic carbocycles. The maximum atomic E-state index is 10.1. The third-order valence-corrected chi connectivity index (χ3v) is 3.58. The van der Waals surface area contributed by atoms with Gasteiger partial charge in [-0.3, -0.25) is 0 Å². The van der Waals surface area contributed by atoms with E-state index in [4.69, 9.17) is 11.6 Å². The number of nitrogens with one attached hydrogen (secondary N) is 1. The molecule has 0 saturated carbocycles. The van der Waals surface area contributed by atoms with Gasteiger partial charge in [0.15, 0.2) is 0 Å². The number of hydrogen-bond acceptors (Lipinski definition) is 5. The molecule has 2 N–H and O–H groups in total. The second-order valence-corrected chi connectivity index (χ2v) is 7.19. The van der Waals surface area contributed by atoms with Crippen molar-refractivity contribution in [1.29, 1.82) is 0 Å². The van der Waals surface area contributed by atoms with Gasteiger partial charge in [-0.25, -0.2) is 9.97 Å². The standard InChI is InChI=1S/C13H22ClN3OS/c1-12(2,3)11-16-9(14)6-10(17-11)15-7-13(4,18)8-19-5/h6,18H,7-8H2,1-5H3,(H,15,16,17). The van der Waals surface area contributed by atoms with Crippen molar-refractivity contribution in [1.82, 2.24) is 9.97 Å². The molecule has 1 unspecified atom stereocenters. The zero-order chi connectivity index (χ0) is 14.7. The van der Waals surface area contributed by atoms with Crippen molar-refractivity contribution in [2.24, 2.45) is 0 Å². The van der Waals surface area contributed by atoms with Crippen LogP contribution in [0.5, 0.6) is 0 Å². The Balaban J connectivity index is 2.82. The number of rotatable bonds is 5. The van der Waals surface area contributed by atoms with Gasteiger partial charge in [0.2, 0.25) is 0 Å². The Kier molecular flexibility index (Phi) is 5.47. The van der Waals surface area contributed by atoms with Crippen LogP contribution in [0.4, 0.5) is 5.82 Å². The fourth-order valence-electron chi connectivity index (χ4n) is 1.49. The molecule has 1 aromatic rings. The second kappa shape index (κ2) is 6.29. The van der Waals surface area contributed by atoms with Crippen LogP contribution in [0.1, 0.15) is 33.5 Å². The van der Waals surface area contributed by atoms with Gasteiger partial charge in [-0.05, 0) is 13.2 Å². The van der Waals surface area contributed by atoms with Gasteiger partial charge in [-0.2, -0.15) is 11.8 Å². The van der Waals surface area contributed by atoms with Crippen LogP contribution in [0.2, 0.25) is 5.15 Å². The Labute approximate surface area is 124 Å². The third kappa shape index (κ3) is 5.55.